The molecule has 110 valence electrons. The first kappa shape index (κ1) is 15.8. The van der Waals surface area contributed by atoms with E-state index in [1.807, 2.05) is 56.3 Å². The van der Waals surface area contributed by atoms with Crippen molar-refractivity contribution in [3.8, 4) is 5.75 Å². The maximum Gasteiger partial charge on any atom is 0.227 e. The summed E-state index contributed by atoms with van der Waals surface area (Å²) in [5.74, 6) is 0.804. The van der Waals surface area contributed by atoms with Crippen LogP contribution in [0.5, 0.6) is 5.75 Å². The Morgan fingerprint density at radius 1 is 1.14 bits per heavy atom. The molecule has 4 heteroatoms. The van der Waals surface area contributed by atoms with Gasteiger partial charge < -0.3 is 10.1 Å². The van der Waals surface area contributed by atoms with E-state index in [1.165, 1.54) is 0 Å². The molecule has 0 atom stereocenters. The Morgan fingerprint density at radius 2 is 1.86 bits per heavy atom. The normalized spacial score (nSPS) is 10.2. The van der Waals surface area contributed by atoms with Crippen LogP contribution in [0.25, 0.3) is 0 Å². The number of amides is 1. The smallest absolute Gasteiger partial charge is 0.227 e. The van der Waals surface area contributed by atoms with Crippen molar-refractivity contribution >= 4 is 34.2 Å². The molecule has 2 aromatic rings. The molecule has 0 aromatic heterocycles. The number of carbonyl (C=O) groups excluding carboxylic acids is 1. The second-order valence-electron chi connectivity index (χ2n) is 4.92. The monoisotopic (exact) mass is 395 g/mol. The van der Waals surface area contributed by atoms with Gasteiger partial charge in [-0.05, 0) is 77.9 Å². The third kappa shape index (κ3) is 5.04. The van der Waals surface area contributed by atoms with E-state index in [9.17, 15) is 4.79 Å². The fraction of sp³-hybridized carbons (Fsp3) is 0.235. The summed E-state index contributed by atoms with van der Waals surface area (Å²) in [5, 5.41) is 2.86. The molecule has 0 spiro atoms. The van der Waals surface area contributed by atoms with Gasteiger partial charge in [-0.15, -0.1) is 0 Å². The molecular formula is C17H18INO2. The number of benzene rings is 2. The van der Waals surface area contributed by atoms with E-state index in [0.29, 0.717) is 13.0 Å². The highest BCUT2D eigenvalue weighted by Crippen LogP contribution is 2.19. The summed E-state index contributed by atoms with van der Waals surface area (Å²) in [6.45, 7) is 4.40. The van der Waals surface area contributed by atoms with Crippen LogP contribution in [-0.2, 0) is 4.79 Å². The van der Waals surface area contributed by atoms with Crippen molar-refractivity contribution in [2.75, 3.05) is 11.9 Å². The first-order valence-corrected chi connectivity index (χ1v) is 7.88. The maximum atomic E-state index is 11.8. The number of rotatable bonds is 5. The number of halogens is 1. The number of hydrogen-bond donors (Lipinski definition) is 1. The molecule has 0 heterocycles. The van der Waals surface area contributed by atoms with Gasteiger partial charge in [0.2, 0.25) is 5.91 Å². The average Bonchev–Trinajstić information content (AvgIpc) is 2.45. The van der Waals surface area contributed by atoms with E-state index in [1.54, 1.807) is 0 Å². The van der Waals surface area contributed by atoms with Crippen molar-refractivity contribution in [3.05, 3.63) is 57.2 Å². The zero-order valence-corrected chi connectivity index (χ0v) is 14.3. The van der Waals surface area contributed by atoms with Crippen LogP contribution in [0, 0.1) is 17.4 Å². The van der Waals surface area contributed by atoms with Crippen LogP contribution < -0.4 is 10.1 Å². The van der Waals surface area contributed by atoms with E-state index in [2.05, 4.69) is 27.9 Å². The number of anilines is 1. The third-order valence-corrected chi connectivity index (χ3v) is 3.78. The van der Waals surface area contributed by atoms with Crippen molar-refractivity contribution in [2.24, 2.45) is 0 Å². The number of carbonyl (C=O) groups is 1. The molecule has 3 nitrogen and oxygen atoms in total. The fourth-order valence-electron chi connectivity index (χ4n) is 1.87. The average molecular weight is 395 g/mol. The molecular weight excluding hydrogens is 377 g/mol. The van der Waals surface area contributed by atoms with Crippen molar-refractivity contribution in [1.29, 1.82) is 0 Å². The molecule has 0 saturated heterocycles. The van der Waals surface area contributed by atoms with E-state index >= 15 is 0 Å². The van der Waals surface area contributed by atoms with Crippen LogP contribution in [0.2, 0.25) is 0 Å². The number of nitrogens with one attached hydrogen (secondary N) is 1. The maximum absolute atomic E-state index is 11.8. The highest BCUT2D eigenvalue weighted by molar-refractivity contribution is 14.1. The molecule has 0 saturated carbocycles. The van der Waals surface area contributed by atoms with Crippen molar-refractivity contribution < 1.29 is 9.53 Å². The summed E-state index contributed by atoms with van der Waals surface area (Å²) < 4.78 is 6.83. The summed E-state index contributed by atoms with van der Waals surface area (Å²) in [7, 11) is 0. The van der Waals surface area contributed by atoms with Gasteiger partial charge in [-0.3, -0.25) is 4.79 Å². The minimum atomic E-state index is -0.0403. The van der Waals surface area contributed by atoms with Crippen LogP contribution in [0.4, 0.5) is 5.69 Å². The van der Waals surface area contributed by atoms with Crippen LogP contribution in [-0.4, -0.2) is 12.5 Å². The summed E-state index contributed by atoms with van der Waals surface area (Å²) in [4.78, 5) is 11.8. The second kappa shape index (κ2) is 7.45. The minimum absolute atomic E-state index is 0.0403. The first-order valence-electron chi connectivity index (χ1n) is 6.80. The Morgan fingerprint density at radius 3 is 2.57 bits per heavy atom. The second-order valence-corrected chi connectivity index (χ2v) is 6.17. The van der Waals surface area contributed by atoms with Gasteiger partial charge in [0.15, 0.2) is 0 Å². The minimum Gasteiger partial charge on any atom is -0.493 e. The lowest BCUT2D eigenvalue weighted by Gasteiger charge is -2.10. The van der Waals surface area contributed by atoms with Gasteiger partial charge in [0.1, 0.15) is 5.75 Å². The summed E-state index contributed by atoms with van der Waals surface area (Å²) in [6, 6.07) is 13.8. The third-order valence-electron chi connectivity index (χ3n) is 3.06. The number of aryl methyl sites for hydroxylation is 2. The molecule has 0 aliphatic carbocycles. The van der Waals surface area contributed by atoms with Crippen molar-refractivity contribution in [3.63, 3.8) is 0 Å². The predicted octanol–water partition coefficient (Wildman–Crippen LogP) is 4.32. The highest BCUT2D eigenvalue weighted by Gasteiger charge is 2.04. The summed E-state index contributed by atoms with van der Waals surface area (Å²) in [5.41, 5.74) is 3.05. The van der Waals surface area contributed by atoms with E-state index in [-0.39, 0.29) is 5.91 Å². The molecule has 2 rings (SSSR count). The van der Waals surface area contributed by atoms with E-state index < -0.39 is 0 Å². The highest BCUT2D eigenvalue weighted by atomic mass is 127. The Bertz CT molecular complexity index is 623. The molecule has 1 N–H and O–H groups in total. The number of ether oxygens (including phenoxy) is 1. The molecule has 2 aromatic carbocycles. The Hall–Kier alpha value is -1.56. The van der Waals surface area contributed by atoms with E-state index in [0.717, 1.165) is 26.1 Å². The zero-order valence-electron chi connectivity index (χ0n) is 12.2. The van der Waals surface area contributed by atoms with Crippen LogP contribution >= 0.6 is 22.6 Å². The molecule has 21 heavy (non-hydrogen) atoms. The SMILES string of the molecule is Cc1ccc(C)c(OCCC(=O)Nc2ccc(I)cc2)c1. The Kier molecular flexibility index (Phi) is 5.61. The Labute approximate surface area is 138 Å². The van der Waals surface area contributed by atoms with Crippen LogP contribution in [0.1, 0.15) is 17.5 Å². The van der Waals surface area contributed by atoms with Crippen molar-refractivity contribution in [2.45, 2.75) is 20.3 Å². The quantitative estimate of drug-likeness (QED) is 0.767. The van der Waals surface area contributed by atoms with Gasteiger partial charge in [-0.25, -0.2) is 0 Å². The number of hydrogen-bond acceptors (Lipinski definition) is 2. The molecule has 0 bridgehead atoms. The van der Waals surface area contributed by atoms with E-state index in [4.69, 9.17) is 4.74 Å². The topological polar surface area (TPSA) is 38.3 Å². The lowest BCUT2D eigenvalue weighted by molar-refractivity contribution is -0.116. The fourth-order valence-corrected chi connectivity index (χ4v) is 2.23. The molecule has 0 fully saturated rings. The van der Waals surface area contributed by atoms with Crippen molar-refractivity contribution in [1.82, 2.24) is 0 Å². The molecule has 1 amide bonds. The molecule has 0 aliphatic rings. The largest absolute Gasteiger partial charge is 0.493 e. The van der Waals surface area contributed by atoms with Gasteiger partial charge >= 0.3 is 0 Å². The predicted molar refractivity (Wildman–Crippen MR) is 93.8 cm³/mol. The van der Waals surface area contributed by atoms with Gasteiger partial charge in [-0.2, -0.15) is 0 Å². The van der Waals surface area contributed by atoms with Gasteiger partial charge in [0.25, 0.3) is 0 Å². The van der Waals surface area contributed by atoms with Crippen LogP contribution in [0.3, 0.4) is 0 Å². The zero-order chi connectivity index (χ0) is 15.2. The summed E-state index contributed by atoms with van der Waals surface area (Å²) >= 11 is 2.23. The Balaban J connectivity index is 1.81. The summed E-state index contributed by atoms with van der Waals surface area (Å²) in [6.07, 6.45) is 0.333. The molecule has 0 aliphatic heterocycles. The lowest BCUT2D eigenvalue weighted by Crippen LogP contribution is -2.15. The first-order chi connectivity index (χ1) is 10.0. The lowest BCUT2D eigenvalue weighted by atomic mass is 10.1. The standard InChI is InChI=1S/C17H18INO2/c1-12-3-4-13(2)16(11-12)21-10-9-17(20)19-15-7-5-14(18)6-8-15/h3-8,11H,9-10H2,1-2H3,(H,19,20). The molecule has 0 radical (unpaired) electrons. The molecule has 0 unspecified atom stereocenters. The van der Waals surface area contributed by atoms with Gasteiger partial charge in [0.05, 0.1) is 13.0 Å². The van der Waals surface area contributed by atoms with Crippen LogP contribution in [0.15, 0.2) is 42.5 Å². The van der Waals surface area contributed by atoms with Gasteiger partial charge in [0, 0.05) is 9.26 Å². The van der Waals surface area contributed by atoms with Gasteiger partial charge in [-0.1, -0.05) is 12.1 Å².